The molecule has 1 nitrogen and oxygen atoms in total. The Morgan fingerprint density at radius 3 is 2.33 bits per heavy atom. The number of halogens is 3. The van der Waals surface area contributed by atoms with Gasteiger partial charge in [0.25, 0.3) is 0 Å². The zero-order valence-electron chi connectivity index (χ0n) is 9.71. The highest BCUT2D eigenvalue weighted by Crippen LogP contribution is 2.21. The first-order chi connectivity index (χ1) is 8.56. The van der Waals surface area contributed by atoms with Crippen LogP contribution in [0, 0.1) is 24.4 Å². The van der Waals surface area contributed by atoms with Gasteiger partial charge in [0.2, 0.25) is 0 Å². The summed E-state index contributed by atoms with van der Waals surface area (Å²) in [4.78, 5) is 0. The topological polar surface area (TPSA) is 9.23 Å². The van der Waals surface area contributed by atoms with Crippen LogP contribution >= 0.6 is 0 Å². The molecule has 2 aromatic rings. The first-order valence-electron chi connectivity index (χ1n) is 5.39. The Bertz CT molecular complexity index is 547. The van der Waals surface area contributed by atoms with Crippen molar-refractivity contribution in [2.75, 3.05) is 0 Å². The van der Waals surface area contributed by atoms with Crippen molar-refractivity contribution >= 4 is 0 Å². The van der Waals surface area contributed by atoms with Gasteiger partial charge in [-0.05, 0) is 36.2 Å². The van der Waals surface area contributed by atoms with Crippen molar-refractivity contribution in [3.63, 3.8) is 0 Å². The molecule has 2 rings (SSSR count). The molecule has 0 atom stereocenters. The lowest BCUT2D eigenvalue weighted by molar-refractivity contribution is 0.288. The summed E-state index contributed by atoms with van der Waals surface area (Å²) in [7, 11) is 0. The van der Waals surface area contributed by atoms with Crippen molar-refractivity contribution < 1.29 is 17.9 Å². The van der Waals surface area contributed by atoms with Crippen LogP contribution in [0.2, 0.25) is 0 Å². The van der Waals surface area contributed by atoms with Crippen molar-refractivity contribution in [2.24, 2.45) is 0 Å². The van der Waals surface area contributed by atoms with E-state index in [1.54, 1.807) is 19.1 Å². The summed E-state index contributed by atoms with van der Waals surface area (Å²) in [6.45, 7) is 1.53. The van der Waals surface area contributed by atoms with E-state index in [-0.39, 0.29) is 12.4 Å². The predicted octanol–water partition coefficient (Wildman–Crippen LogP) is 3.99. The number of rotatable bonds is 3. The van der Waals surface area contributed by atoms with Crippen LogP contribution in [0.4, 0.5) is 13.2 Å². The highest BCUT2D eigenvalue weighted by atomic mass is 19.1. The van der Waals surface area contributed by atoms with E-state index >= 15 is 0 Å². The van der Waals surface area contributed by atoms with Gasteiger partial charge in [0.05, 0.1) is 0 Å². The maximum atomic E-state index is 13.6. The SMILES string of the molecule is Cc1cccc(OCc2cc(F)cc(F)c2)c1F. The minimum atomic E-state index is -0.682. The summed E-state index contributed by atoms with van der Waals surface area (Å²) >= 11 is 0. The molecule has 0 aliphatic rings. The summed E-state index contributed by atoms with van der Waals surface area (Å²) in [5, 5.41) is 0. The molecule has 0 amide bonds. The normalized spacial score (nSPS) is 10.4. The Hall–Kier alpha value is -1.97. The Balaban J connectivity index is 2.14. The van der Waals surface area contributed by atoms with Gasteiger partial charge in [-0.2, -0.15) is 0 Å². The predicted molar refractivity (Wildman–Crippen MR) is 61.8 cm³/mol. The van der Waals surface area contributed by atoms with E-state index in [2.05, 4.69) is 0 Å². The monoisotopic (exact) mass is 252 g/mol. The summed E-state index contributed by atoms with van der Waals surface area (Å²) in [6, 6.07) is 7.81. The standard InChI is InChI=1S/C14H11F3O/c1-9-3-2-4-13(14(9)17)18-8-10-5-11(15)7-12(16)6-10/h2-7H,8H2,1H3. The summed E-state index contributed by atoms with van der Waals surface area (Å²) in [6.07, 6.45) is 0. The lowest BCUT2D eigenvalue weighted by Gasteiger charge is -2.08. The van der Waals surface area contributed by atoms with Crippen LogP contribution in [0.25, 0.3) is 0 Å². The third kappa shape index (κ3) is 2.83. The van der Waals surface area contributed by atoms with Gasteiger partial charge in [-0.15, -0.1) is 0 Å². The third-order valence-corrected chi connectivity index (χ3v) is 2.47. The molecule has 18 heavy (non-hydrogen) atoms. The molecule has 0 unspecified atom stereocenters. The largest absolute Gasteiger partial charge is 0.486 e. The molecule has 0 saturated carbocycles. The highest BCUT2D eigenvalue weighted by molar-refractivity contribution is 5.30. The summed E-state index contributed by atoms with van der Waals surface area (Å²) in [5.74, 6) is -1.76. The molecular formula is C14H11F3O. The van der Waals surface area contributed by atoms with Crippen molar-refractivity contribution in [2.45, 2.75) is 13.5 Å². The van der Waals surface area contributed by atoms with Crippen LogP contribution in [0.3, 0.4) is 0 Å². The van der Waals surface area contributed by atoms with Crippen LogP contribution in [0.5, 0.6) is 5.75 Å². The Kier molecular flexibility index (Phi) is 3.55. The van der Waals surface area contributed by atoms with E-state index in [0.29, 0.717) is 11.1 Å². The average molecular weight is 252 g/mol. The van der Waals surface area contributed by atoms with Gasteiger partial charge in [0.1, 0.15) is 18.2 Å². The van der Waals surface area contributed by atoms with Gasteiger partial charge in [0, 0.05) is 6.07 Å². The number of hydrogen-bond donors (Lipinski definition) is 0. The van der Waals surface area contributed by atoms with Crippen molar-refractivity contribution in [3.8, 4) is 5.75 Å². The average Bonchev–Trinajstić information content (AvgIpc) is 2.30. The molecule has 0 saturated heterocycles. The van der Waals surface area contributed by atoms with Gasteiger partial charge < -0.3 is 4.74 Å². The van der Waals surface area contributed by atoms with Crippen LogP contribution in [-0.2, 0) is 6.61 Å². The van der Waals surface area contributed by atoms with Crippen molar-refractivity contribution in [1.82, 2.24) is 0 Å². The summed E-state index contributed by atoms with van der Waals surface area (Å²) < 4.78 is 44.7. The maximum Gasteiger partial charge on any atom is 0.167 e. The van der Waals surface area contributed by atoms with Gasteiger partial charge in [0.15, 0.2) is 11.6 Å². The number of ether oxygens (including phenoxy) is 1. The van der Waals surface area contributed by atoms with E-state index in [1.807, 2.05) is 0 Å². The molecular weight excluding hydrogens is 241 g/mol. The minimum Gasteiger partial charge on any atom is -0.486 e. The molecule has 94 valence electrons. The second-order valence-electron chi connectivity index (χ2n) is 3.95. The fourth-order valence-electron chi connectivity index (χ4n) is 1.59. The molecule has 0 N–H and O–H groups in total. The fourth-order valence-corrected chi connectivity index (χ4v) is 1.59. The zero-order valence-corrected chi connectivity index (χ0v) is 9.71. The Morgan fingerprint density at radius 2 is 1.67 bits per heavy atom. The van der Waals surface area contributed by atoms with Crippen LogP contribution < -0.4 is 4.74 Å². The molecule has 0 aliphatic heterocycles. The van der Waals surface area contributed by atoms with E-state index in [4.69, 9.17) is 4.74 Å². The zero-order chi connectivity index (χ0) is 13.1. The molecule has 0 aromatic heterocycles. The quantitative estimate of drug-likeness (QED) is 0.802. The summed E-state index contributed by atoms with van der Waals surface area (Å²) in [5.41, 5.74) is 0.770. The Labute approximate surface area is 103 Å². The van der Waals surface area contributed by atoms with Gasteiger partial charge >= 0.3 is 0 Å². The molecule has 0 bridgehead atoms. The maximum absolute atomic E-state index is 13.6. The molecule has 0 fully saturated rings. The van der Waals surface area contributed by atoms with E-state index in [0.717, 1.165) is 18.2 Å². The van der Waals surface area contributed by atoms with Crippen LogP contribution in [-0.4, -0.2) is 0 Å². The van der Waals surface area contributed by atoms with Gasteiger partial charge in [-0.25, -0.2) is 13.2 Å². The first kappa shape index (κ1) is 12.5. The Morgan fingerprint density at radius 1 is 1.00 bits per heavy atom. The molecule has 0 aliphatic carbocycles. The number of aryl methyl sites for hydroxylation is 1. The molecule has 4 heteroatoms. The van der Waals surface area contributed by atoms with E-state index < -0.39 is 17.5 Å². The lowest BCUT2D eigenvalue weighted by atomic mass is 10.2. The first-order valence-corrected chi connectivity index (χ1v) is 5.39. The van der Waals surface area contributed by atoms with Crippen molar-refractivity contribution in [3.05, 3.63) is 65.0 Å². The van der Waals surface area contributed by atoms with E-state index in [1.165, 1.54) is 6.07 Å². The molecule has 0 radical (unpaired) electrons. The van der Waals surface area contributed by atoms with Crippen LogP contribution in [0.15, 0.2) is 36.4 Å². The number of hydrogen-bond acceptors (Lipinski definition) is 1. The fraction of sp³-hybridized carbons (Fsp3) is 0.143. The highest BCUT2D eigenvalue weighted by Gasteiger charge is 2.07. The minimum absolute atomic E-state index is 0.0691. The molecule has 0 heterocycles. The van der Waals surface area contributed by atoms with Crippen LogP contribution in [0.1, 0.15) is 11.1 Å². The third-order valence-electron chi connectivity index (χ3n) is 2.47. The lowest BCUT2D eigenvalue weighted by Crippen LogP contribution is -1.99. The number of benzene rings is 2. The molecule has 2 aromatic carbocycles. The van der Waals surface area contributed by atoms with Gasteiger partial charge in [-0.3, -0.25) is 0 Å². The van der Waals surface area contributed by atoms with Gasteiger partial charge in [-0.1, -0.05) is 12.1 Å². The smallest absolute Gasteiger partial charge is 0.167 e. The van der Waals surface area contributed by atoms with E-state index in [9.17, 15) is 13.2 Å². The second kappa shape index (κ2) is 5.12. The molecule has 0 spiro atoms. The second-order valence-corrected chi connectivity index (χ2v) is 3.95. The van der Waals surface area contributed by atoms with Crippen molar-refractivity contribution in [1.29, 1.82) is 0 Å².